The lowest BCUT2D eigenvalue weighted by Crippen LogP contribution is -2.65. The Morgan fingerprint density at radius 2 is 1.12 bits per heavy atom. The highest BCUT2D eigenvalue weighted by Crippen LogP contribution is 2.60. The predicted molar refractivity (Wildman–Crippen MR) is 50.6 cm³/mol. The molecule has 0 saturated heterocycles. The Balaban J connectivity index is 0.00000128. The summed E-state index contributed by atoms with van der Waals surface area (Å²) in [6, 6.07) is 0. The molecule has 2 saturated carbocycles. The first kappa shape index (κ1) is 14.0. The summed E-state index contributed by atoms with van der Waals surface area (Å²) in [7, 11) is 0. The van der Waals surface area contributed by atoms with Crippen molar-refractivity contribution in [1.82, 2.24) is 0 Å². The molecule has 0 unspecified atom stereocenters. The van der Waals surface area contributed by atoms with Crippen LogP contribution in [-0.4, -0.2) is 17.6 Å². The van der Waals surface area contributed by atoms with E-state index >= 15 is 0 Å². The zero-order valence-electron chi connectivity index (χ0n) is 8.36. The van der Waals surface area contributed by atoms with Gasteiger partial charge in [-0.2, -0.15) is 22.0 Å². The molecule has 2 aliphatic carbocycles. The Hall–Kier alpha value is -0.100. The second-order valence-electron chi connectivity index (χ2n) is 4.55. The molecule has 2 rings (SSSR count). The van der Waals surface area contributed by atoms with Gasteiger partial charge < -0.3 is 5.73 Å². The van der Waals surface area contributed by atoms with Gasteiger partial charge in [-0.3, -0.25) is 0 Å². The summed E-state index contributed by atoms with van der Waals surface area (Å²) < 4.78 is 63.4. The predicted octanol–water partition coefficient (Wildman–Crippen LogP) is 3.12. The minimum Gasteiger partial charge on any atom is -0.319 e. The van der Waals surface area contributed by atoms with Crippen molar-refractivity contribution < 1.29 is 22.0 Å². The molecule has 16 heavy (non-hydrogen) atoms. The molecule has 0 aromatic rings. The van der Waals surface area contributed by atoms with Crippen molar-refractivity contribution in [2.45, 2.75) is 43.3 Å². The molecule has 0 radical (unpaired) electrons. The van der Waals surface area contributed by atoms with Crippen molar-refractivity contribution in [1.29, 1.82) is 0 Å². The smallest absolute Gasteiger partial charge is 0.319 e. The highest BCUT2D eigenvalue weighted by Gasteiger charge is 2.75. The lowest BCUT2D eigenvalue weighted by atomic mass is 9.81. The van der Waals surface area contributed by atoms with Gasteiger partial charge in [0.2, 0.25) is 0 Å². The van der Waals surface area contributed by atoms with Crippen LogP contribution in [0, 0.1) is 11.8 Å². The van der Waals surface area contributed by atoms with Crippen LogP contribution in [0.2, 0.25) is 0 Å². The Morgan fingerprint density at radius 3 is 1.31 bits per heavy atom. The first-order chi connectivity index (χ1) is 6.71. The molecule has 96 valence electrons. The minimum atomic E-state index is -5.53. The normalized spacial score (nSPS) is 22.9. The van der Waals surface area contributed by atoms with Gasteiger partial charge in [-0.25, -0.2) is 0 Å². The molecule has 0 aromatic carbocycles. The second-order valence-corrected chi connectivity index (χ2v) is 4.55. The monoisotopic (exact) mass is 265 g/mol. The molecular weight excluding hydrogens is 253 g/mol. The molecule has 7 heteroatoms. The molecule has 1 nitrogen and oxygen atoms in total. The van der Waals surface area contributed by atoms with E-state index in [1.165, 1.54) is 0 Å². The van der Waals surface area contributed by atoms with Crippen molar-refractivity contribution in [3.05, 3.63) is 0 Å². The van der Waals surface area contributed by atoms with Crippen LogP contribution in [0.1, 0.15) is 25.7 Å². The van der Waals surface area contributed by atoms with Gasteiger partial charge in [-0.05, 0) is 37.5 Å². The van der Waals surface area contributed by atoms with Gasteiger partial charge in [-0.1, -0.05) is 0 Å². The van der Waals surface area contributed by atoms with Gasteiger partial charge in [0.15, 0.2) is 0 Å². The van der Waals surface area contributed by atoms with Crippen molar-refractivity contribution >= 4 is 12.4 Å². The maximum absolute atomic E-state index is 13.3. The van der Waals surface area contributed by atoms with Crippen LogP contribution < -0.4 is 5.73 Å². The standard InChI is InChI=1S/C9H12F5N.ClH/c10-8(11,9(12,13)14)7(15,5-1-2-5)6-3-4-6;/h5-6H,1-4,15H2;1H. The van der Waals surface area contributed by atoms with Gasteiger partial charge in [0.05, 0.1) is 5.54 Å². The van der Waals surface area contributed by atoms with Crippen molar-refractivity contribution in [2.75, 3.05) is 0 Å². The number of rotatable bonds is 3. The van der Waals surface area contributed by atoms with Crippen LogP contribution in [0.5, 0.6) is 0 Å². The first-order valence-electron chi connectivity index (χ1n) is 4.94. The molecule has 0 heterocycles. The lowest BCUT2D eigenvalue weighted by Gasteiger charge is -2.38. The van der Waals surface area contributed by atoms with Crippen LogP contribution in [0.25, 0.3) is 0 Å². The fourth-order valence-corrected chi connectivity index (χ4v) is 2.21. The second kappa shape index (κ2) is 3.70. The minimum absolute atomic E-state index is 0. The molecule has 2 N–H and O–H groups in total. The van der Waals surface area contributed by atoms with Crippen LogP contribution in [-0.2, 0) is 0 Å². The van der Waals surface area contributed by atoms with Crippen molar-refractivity contribution in [3.63, 3.8) is 0 Å². The van der Waals surface area contributed by atoms with Crippen molar-refractivity contribution in [3.8, 4) is 0 Å². The van der Waals surface area contributed by atoms with E-state index in [2.05, 4.69) is 0 Å². The fourth-order valence-electron chi connectivity index (χ4n) is 2.21. The third kappa shape index (κ3) is 1.79. The third-order valence-electron chi connectivity index (χ3n) is 3.41. The highest BCUT2D eigenvalue weighted by molar-refractivity contribution is 5.85. The van der Waals surface area contributed by atoms with E-state index in [1.807, 2.05) is 0 Å². The van der Waals surface area contributed by atoms with Gasteiger partial charge in [-0.15, -0.1) is 12.4 Å². The Labute approximate surface area is 96.0 Å². The molecule has 2 aliphatic rings. The number of halogens is 6. The number of hydrogen-bond acceptors (Lipinski definition) is 1. The topological polar surface area (TPSA) is 26.0 Å². The van der Waals surface area contributed by atoms with Crippen LogP contribution in [0.4, 0.5) is 22.0 Å². The number of nitrogens with two attached hydrogens (primary N) is 1. The van der Waals surface area contributed by atoms with E-state index in [9.17, 15) is 22.0 Å². The molecule has 0 amide bonds. The zero-order chi connectivity index (χ0) is 11.5. The van der Waals surface area contributed by atoms with Crippen LogP contribution in [0.3, 0.4) is 0 Å². The molecule has 0 aromatic heterocycles. The van der Waals surface area contributed by atoms with E-state index in [0.717, 1.165) is 0 Å². The van der Waals surface area contributed by atoms with Gasteiger partial charge in [0.1, 0.15) is 0 Å². The van der Waals surface area contributed by atoms with E-state index in [1.54, 1.807) is 0 Å². The van der Waals surface area contributed by atoms with Gasteiger partial charge in [0.25, 0.3) is 0 Å². The van der Waals surface area contributed by atoms with Crippen LogP contribution >= 0.6 is 12.4 Å². The quantitative estimate of drug-likeness (QED) is 0.780. The summed E-state index contributed by atoms with van der Waals surface area (Å²) in [6.45, 7) is 0. The van der Waals surface area contributed by atoms with E-state index in [0.29, 0.717) is 25.7 Å². The Morgan fingerprint density at radius 1 is 0.812 bits per heavy atom. The average molecular weight is 266 g/mol. The average Bonchev–Trinajstić information content (AvgIpc) is 2.92. The summed E-state index contributed by atoms with van der Waals surface area (Å²) in [5.74, 6) is -6.09. The fraction of sp³-hybridized carbons (Fsp3) is 1.00. The Bertz CT molecular complexity index is 258. The van der Waals surface area contributed by atoms with Crippen LogP contribution in [0.15, 0.2) is 0 Å². The molecule has 0 bridgehead atoms. The molecule has 0 atom stereocenters. The zero-order valence-corrected chi connectivity index (χ0v) is 9.18. The highest BCUT2D eigenvalue weighted by atomic mass is 35.5. The SMILES string of the molecule is Cl.NC(C1CC1)(C1CC1)C(F)(F)C(F)(F)F. The summed E-state index contributed by atoms with van der Waals surface area (Å²) in [4.78, 5) is 0. The number of alkyl halides is 5. The largest absolute Gasteiger partial charge is 0.455 e. The van der Waals surface area contributed by atoms with E-state index < -0.39 is 29.5 Å². The maximum atomic E-state index is 13.3. The molecule has 2 fully saturated rings. The van der Waals surface area contributed by atoms with Gasteiger partial charge in [0, 0.05) is 0 Å². The first-order valence-corrected chi connectivity index (χ1v) is 4.94. The maximum Gasteiger partial charge on any atom is 0.455 e. The van der Waals surface area contributed by atoms with Gasteiger partial charge >= 0.3 is 12.1 Å². The van der Waals surface area contributed by atoms with E-state index in [-0.39, 0.29) is 12.4 Å². The molecule has 0 aliphatic heterocycles. The van der Waals surface area contributed by atoms with Crippen molar-refractivity contribution in [2.24, 2.45) is 17.6 Å². The lowest BCUT2D eigenvalue weighted by molar-refractivity contribution is -0.313. The summed E-state index contributed by atoms with van der Waals surface area (Å²) in [5, 5.41) is 0. The number of hydrogen-bond donors (Lipinski definition) is 1. The Kier molecular flexibility index (Phi) is 3.23. The molecular formula is C9H13ClF5N. The third-order valence-corrected chi connectivity index (χ3v) is 3.41. The summed E-state index contributed by atoms with van der Waals surface area (Å²) in [6.07, 6.45) is -3.98. The molecule has 0 spiro atoms. The summed E-state index contributed by atoms with van der Waals surface area (Å²) in [5.41, 5.74) is 3.05. The van der Waals surface area contributed by atoms with E-state index in [4.69, 9.17) is 5.73 Å². The summed E-state index contributed by atoms with van der Waals surface area (Å²) >= 11 is 0.